The Bertz CT molecular complexity index is 412. The molecule has 0 aliphatic heterocycles. The molecule has 16 heavy (non-hydrogen) atoms. The van der Waals surface area contributed by atoms with Crippen LogP contribution in [0.1, 0.15) is 5.56 Å². The van der Waals surface area contributed by atoms with Crippen LogP contribution < -0.4 is 4.74 Å². The lowest BCUT2D eigenvalue weighted by molar-refractivity contribution is 0.415. The quantitative estimate of drug-likeness (QED) is 0.765. The standard InChI is InChI=1S/C12H13NOS2/c1-14-10-6-4-9(5-7-10)11(8-13)12(15-2)16-3/h4-7H,1-3H3. The maximum atomic E-state index is 9.17. The first-order valence-corrected chi connectivity index (χ1v) is 7.08. The Balaban J connectivity index is 3.15. The first-order valence-electron chi connectivity index (χ1n) is 4.63. The summed E-state index contributed by atoms with van der Waals surface area (Å²) < 4.78 is 6.12. The Morgan fingerprint density at radius 2 is 1.75 bits per heavy atom. The summed E-state index contributed by atoms with van der Waals surface area (Å²) >= 11 is 3.19. The number of methoxy groups -OCH3 is 1. The van der Waals surface area contributed by atoms with Crippen molar-refractivity contribution in [3.63, 3.8) is 0 Å². The fourth-order valence-electron chi connectivity index (χ4n) is 1.27. The van der Waals surface area contributed by atoms with Gasteiger partial charge in [-0.15, -0.1) is 23.5 Å². The summed E-state index contributed by atoms with van der Waals surface area (Å²) in [7, 11) is 1.63. The Morgan fingerprint density at radius 3 is 2.12 bits per heavy atom. The topological polar surface area (TPSA) is 33.0 Å². The maximum absolute atomic E-state index is 9.17. The number of hydrogen-bond acceptors (Lipinski definition) is 4. The van der Waals surface area contributed by atoms with E-state index in [-0.39, 0.29) is 0 Å². The van der Waals surface area contributed by atoms with Crippen LogP contribution >= 0.6 is 23.5 Å². The first-order chi connectivity index (χ1) is 7.76. The molecule has 0 radical (unpaired) electrons. The number of thioether (sulfide) groups is 2. The summed E-state index contributed by atoms with van der Waals surface area (Å²) in [6, 6.07) is 9.80. The van der Waals surface area contributed by atoms with Crippen molar-refractivity contribution in [3.8, 4) is 11.8 Å². The molecule has 0 bridgehead atoms. The Morgan fingerprint density at radius 1 is 1.19 bits per heavy atom. The minimum Gasteiger partial charge on any atom is -0.497 e. The molecule has 0 unspecified atom stereocenters. The molecule has 4 heteroatoms. The van der Waals surface area contributed by atoms with Gasteiger partial charge in [0.05, 0.1) is 16.9 Å². The van der Waals surface area contributed by atoms with Crippen molar-refractivity contribution >= 4 is 29.1 Å². The highest BCUT2D eigenvalue weighted by Gasteiger charge is 2.07. The van der Waals surface area contributed by atoms with Gasteiger partial charge in [0.15, 0.2) is 0 Å². The molecular formula is C12H13NOS2. The molecule has 0 amide bonds. The molecule has 1 aromatic rings. The van der Waals surface area contributed by atoms with Crippen molar-refractivity contribution in [2.45, 2.75) is 0 Å². The lowest BCUT2D eigenvalue weighted by Gasteiger charge is -2.06. The van der Waals surface area contributed by atoms with Gasteiger partial charge in [-0.2, -0.15) is 5.26 Å². The number of nitrogens with zero attached hydrogens (tertiary/aromatic N) is 1. The molecule has 1 aromatic carbocycles. The van der Waals surface area contributed by atoms with E-state index < -0.39 is 0 Å². The van der Waals surface area contributed by atoms with Crippen LogP contribution in [-0.2, 0) is 0 Å². The minimum atomic E-state index is 0.725. The van der Waals surface area contributed by atoms with Gasteiger partial charge in [-0.25, -0.2) is 0 Å². The van der Waals surface area contributed by atoms with Crippen molar-refractivity contribution in [2.24, 2.45) is 0 Å². The predicted octanol–water partition coefficient (Wildman–Crippen LogP) is 3.61. The number of hydrogen-bond donors (Lipinski definition) is 0. The molecular weight excluding hydrogens is 238 g/mol. The number of ether oxygens (including phenoxy) is 1. The number of benzene rings is 1. The molecule has 0 spiro atoms. The SMILES string of the molecule is COc1ccc(C(C#N)=C(SC)SC)cc1. The van der Waals surface area contributed by atoms with Gasteiger partial charge >= 0.3 is 0 Å². The molecule has 84 valence electrons. The molecule has 1 rings (SSSR count). The van der Waals surface area contributed by atoms with E-state index in [0.29, 0.717) is 0 Å². The van der Waals surface area contributed by atoms with Crippen molar-refractivity contribution in [1.29, 1.82) is 5.26 Å². The Kier molecular flexibility index (Phi) is 5.30. The fourth-order valence-corrected chi connectivity index (χ4v) is 2.68. The van der Waals surface area contributed by atoms with E-state index in [1.165, 1.54) is 0 Å². The average Bonchev–Trinajstić information content (AvgIpc) is 2.36. The Labute approximate surface area is 105 Å². The molecule has 0 fully saturated rings. The summed E-state index contributed by atoms with van der Waals surface area (Å²) in [5, 5.41) is 9.17. The zero-order chi connectivity index (χ0) is 12.0. The van der Waals surface area contributed by atoms with Gasteiger partial charge in [0.2, 0.25) is 0 Å². The second kappa shape index (κ2) is 6.51. The second-order valence-electron chi connectivity index (χ2n) is 2.91. The van der Waals surface area contributed by atoms with E-state index in [1.807, 2.05) is 36.8 Å². The van der Waals surface area contributed by atoms with E-state index in [1.54, 1.807) is 30.6 Å². The maximum Gasteiger partial charge on any atom is 0.118 e. The highest BCUT2D eigenvalue weighted by molar-refractivity contribution is 8.21. The summed E-state index contributed by atoms with van der Waals surface area (Å²) in [6.45, 7) is 0. The van der Waals surface area contributed by atoms with Crippen LogP contribution in [0.3, 0.4) is 0 Å². The van der Waals surface area contributed by atoms with Gasteiger partial charge in [-0.1, -0.05) is 0 Å². The van der Waals surface area contributed by atoms with Crippen LogP contribution in [0.2, 0.25) is 0 Å². The van der Waals surface area contributed by atoms with E-state index in [0.717, 1.165) is 21.1 Å². The van der Waals surface area contributed by atoms with Gasteiger partial charge in [0, 0.05) is 0 Å². The fraction of sp³-hybridized carbons (Fsp3) is 0.250. The highest BCUT2D eigenvalue weighted by atomic mass is 32.2. The minimum absolute atomic E-state index is 0.725. The third-order valence-electron chi connectivity index (χ3n) is 2.07. The molecule has 0 heterocycles. The third kappa shape index (κ3) is 2.97. The van der Waals surface area contributed by atoms with Crippen LogP contribution in [-0.4, -0.2) is 19.6 Å². The number of allylic oxidation sites excluding steroid dienone is 1. The summed E-state index contributed by atoms with van der Waals surface area (Å²) in [4.78, 5) is 0. The van der Waals surface area contributed by atoms with Gasteiger partial charge in [-0.05, 0) is 42.3 Å². The molecule has 0 aliphatic rings. The van der Waals surface area contributed by atoms with Gasteiger partial charge in [0.1, 0.15) is 11.8 Å². The smallest absolute Gasteiger partial charge is 0.118 e. The van der Waals surface area contributed by atoms with Crippen molar-refractivity contribution in [3.05, 3.63) is 34.1 Å². The number of nitriles is 1. The van der Waals surface area contributed by atoms with Crippen LogP contribution in [0.25, 0.3) is 5.57 Å². The predicted molar refractivity (Wildman–Crippen MR) is 72.6 cm³/mol. The molecule has 0 aliphatic carbocycles. The van der Waals surface area contributed by atoms with E-state index in [4.69, 9.17) is 4.74 Å². The highest BCUT2D eigenvalue weighted by Crippen LogP contribution is 2.32. The van der Waals surface area contributed by atoms with Crippen LogP contribution in [0, 0.1) is 11.3 Å². The van der Waals surface area contributed by atoms with Gasteiger partial charge < -0.3 is 4.74 Å². The Hall–Kier alpha value is -1.05. The average molecular weight is 251 g/mol. The van der Waals surface area contributed by atoms with Gasteiger partial charge in [0.25, 0.3) is 0 Å². The lowest BCUT2D eigenvalue weighted by atomic mass is 10.1. The zero-order valence-electron chi connectivity index (χ0n) is 9.48. The van der Waals surface area contributed by atoms with E-state index >= 15 is 0 Å². The molecule has 2 nitrogen and oxygen atoms in total. The van der Waals surface area contributed by atoms with Crippen molar-refractivity contribution in [1.82, 2.24) is 0 Å². The van der Waals surface area contributed by atoms with Crippen LogP contribution in [0.5, 0.6) is 5.75 Å². The van der Waals surface area contributed by atoms with Crippen molar-refractivity contribution < 1.29 is 4.74 Å². The molecule has 0 aromatic heterocycles. The zero-order valence-corrected chi connectivity index (χ0v) is 11.1. The van der Waals surface area contributed by atoms with Crippen molar-refractivity contribution in [2.75, 3.05) is 19.6 Å². The monoisotopic (exact) mass is 251 g/mol. The number of rotatable bonds is 4. The second-order valence-corrected chi connectivity index (χ2v) is 4.80. The molecule has 0 N–H and O–H groups in total. The lowest BCUT2D eigenvalue weighted by Crippen LogP contribution is -1.86. The third-order valence-corrected chi connectivity index (χ3v) is 4.22. The first kappa shape index (κ1) is 13.0. The summed E-state index contributed by atoms with van der Waals surface area (Å²) in [5.41, 5.74) is 1.66. The molecule has 0 saturated heterocycles. The van der Waals surface area contributed by atoms with Crippen LogP contribution in [0.15, 0.2) is 28.5 Å². The molecule has 0 saturated carbocycles. The van der Waals surface area contributed by atoms with E-state index in [2.05, 4.69) is 6.07 Å². The summed E-state index contributed by atoms with van der Waals surface area (Å²) in [5.74, 6) is 0.802. The van der Waals surface area contributed by atoms with Crippen LogP contribution in [0.4, 0.5) is 0 Å². The normalized spacial score (nSPS) is 9.38. The summed E-state index contributed by atoms with van der Waals surface area (Å²) in [6.07, 6.45) is 3.96. The van der Waals surface area contributed by atoms with Gasteiger partial charge in [-0.3, -0.25) is 0 Å². The molecule has 0 atom stereocenters. The van der Waals surface area contributed by atoms with E-state index in [9.17, 15) is 5.26 Å². The largest absolute Gasteiger partial charge is 0.497 e.